The smallest absolute Gasteiger partial charge is 0.164 e. The molecule has 0 radical (unpaired) electrons. The maximum atomic E-state index is 5.04. The number of hydrogen-bond acceptors (Lipinski definition) is 4. The molecule has 10 aromatic rings. The fourth-order valence-corrected chi connectivity index (χ4v) is 8.30. The molecule has 0 amide bonds. The van der Waals surface area contributed by atoms with Crippen LogP contribution in [-0.4, -0.2) is 19.5 Å². The van der Waals surface area contributed by atoms with Crippen molar-refractivity contribution in [2.75, 3.05) is 4.90 Å². The quantitative estimate of drug-likeness (QED) is 0.170. The minimum atomic E-state index is 0.625. The third kappa shape index (κ3) is 5.76. The lowest BCUT2D eigenvalue weighted by atomic mass is 9.97. The summed E-state index contributed by atoms with van der Waals surface area (Å²) in [7, 11) is 0. The molecule has 0 aliphatic carbocycles. The van der Waals surface area contributed by atoms with E-state index >= 15 is 0 Å². The molecule has 3 heterocycles. The van der Waals surface area contributed by atoms with Crippen LogP contribution in [0, 0.1) is 0 Å². The number of para-hydroxylation sites is 3. The molecule has 0 bridgehead atoms. The van der Waals surface area contributed by atoms with Crippen LogP contribution in [0.1, 0.15) is 11.1 Å². The molecule has 0 unspecified atom stereocenters. The van der Waals surface area contributed by atoms with Crippen LogP contribution in [0.3, 0.4) is 0 Å². The standard InChI is InChI=1S/C53H35N5/c1-4-17-38(18-5-1)51-54-52(39-19-6-2-7-20-39)56-53(55-51)41-21-14-24-43(34-41)58-47-28-13-11-25-45(47)50-44(26-15-29-48(50)58)40-33-32-37-31-30-36-16-10-12-27-46(36)57(49(37)35-40)42-22-8-3-9-23-42/h1-35H. The van der Waals surface area contributed by atoms with Crippen LogP contribution in [0.15, 0.2) is 200 Å². The number of hydrogen-bond donors (Lipinski definition) is 0. The van der Waals surface area contributed by atoms with Gasteiger partial charge in [-0.25, -0.2) is 15.0 Å². The third-order valence-electron chi connectivity index (χ3n) is 11.0. The van der Waals surface area contributed by atoms with Gasteiger partial charge in [-0.1, -0.05) is 164 Å². The summed E-state index contributed by atoms with van der Waals surface area (Å²) in [4.78, 5) is 17.4. The van der Waals surface area contributed by atoms with Crippen molar-refractivity contribution in [1.29, 1.82) is 0 Å². The topological polar surface area (TPSA) is 46.8 Å². The Balaban J connectivity index is 1.08. The van der Waals surface area contributed by atoms with E-state index in [1.54, 1.807) is 0 Å². The Morgan fingerprint density at radius 3 is 1.64 bits per heavy atom. The Hall–Kier alpha value is -7.89. The van der Waals surface area contributed by atoms with Gasteiger partial charge in [0.05, 0.1) is 22.4 Å². The van der Waals surface area contributed by atoms with E-state index < -0.39 is 0 Å². The molecule has 0 spiro atoms. The van der Waals surface area contributed by atoms with Crippen molar-refractivity contribution < 1.29 is 0 Å². The molecule has 0 fully saturated rings. The highest BCUT2D eigenvalue weighted by atomic mass is 15.1. The second kappa shape index (κ2) is 14.0. The number of nitrogens with zero attached hydrogens (tertiary/aromatic N) is 5. The molecule has 0 N–H and O–H groups in total. The highest BCUT2D eigenvalue weighted by molar-refractivity contribution is 6.16. The monoisotopic (exact) mass is 741 g/mol. The van der Waals surface area contributed by atoms with Crippen molar-refractivity contribution >= 4 is 51.0 Å². The Kier molecular flexibility index (Phi) is 8.07. The molecule has 0 atom stereocenters. The first-order valence-electron chi connectivity index (χ1n) is 19.5. The van der Waals surface area contributed by atoms with Gasteiger partial charge in [-0.15, -0.1) is 0 Å². The zero-order valence-electron chi connectivity index (χ0n) is 31.4. The number of benzene rings is 8. The van der Waals surface area contributed by atoms with Gasteiger partial charge in [0.2, 0.25) is 0 Å². The van der Waals surface area contributed by atoms with Gasteiger partial charge in [-0.3, -0.25) is 0 Å². The summed E-state index contributed by atoms with van der Waals surface area (Å²) in [5, 5.41) is 2.40. The van der Waals surface area contributed by atoms with Crippen molar-refractivity contribution in [2.45, 2.75) is 0 Å². The van der Waals surface area contributed by atoms with E-state index in [-0.39, 0.29) is 0 Å². The fraction of sp³-hybridized carbons (Fsp3) is 0. The van der Waals surface area contributed by atoms with Gasteiger partial charge < -0.3 is 9.47 Å². The molecule has 5 heteroatoms. The van der Waals surface area contributed by atoms with E-state index in [0.717, 1.165) is 56.0 Å². The Bertz CT molecular complexity index is 3110. The van der Waals surface area contributed by atoms with E-state index in [9.17, 15) is 0 Å². The van der Waals surface area contributed by atoms with E-state index in [1.165, 1.54) is 27.5 Å². The molecule has 1 aliphatic heterocycles. The Labute approximate surface area is 336 Å². The van der Waals surface area contributed by atoms with Crippen LogP contribution < -0.4 is 4.90 Å². The van der Waals surface area contributed by atoms with Crippen LogP contribution in [0.2, 0.25) is 0 Å². The van der Waals surface area contributed by atoms with Gasteiger partial charge >= 0.3 is 0 Å². The molecule has 0 saturated heterocycles. The van der Waals surface area contributed by atoms with Crippen LogP contribution in [0.5, 0.6) is 0 Å². The lowest BCUT2D eigenvalue weighted by molar-refractivity contribution is 1.07. The maximum Gasteiger partial charge on any atom is 0.164 e. The average molecular weight is 742 g/mol. The van der Waals surface area contributed by atoms with Crippen molar-refractivity contribution in [3.63, 3.8) is 0 Å². The second-order valence-electron chi connectivity index (χ2n) is 14.5. The summed E-state index contributed by atoms with van der Waals surface area (Å²) in [6.07, 6.45) is 4.46. The van der Waals surface area contributed by atoms with Gasteiger partial charge in [0.25, 0.3) is 0 Å². The highest BCUT2D eigenvalue weighted by Crippen LogP contribution is 2.45. The van der Waals surface area contributed by atoms with Crippen molar-refractivity contribution in [2.24, 2.45) is 0 Å². The fourth-order valence-electron chi connectivity index (χ4n) is 8.30. The normalized spacial score (nSPS) is 12.0. The molecular formula is C53H35N5. The van der Waals surface area contributed by atoms with Crippen molar-refractivity contribution in [3.05, 3.63) is 211 Å². The van der Waals surface area contributed by atoms with Gasteiger partial charge in [0, 0.05) is 38.8 Å². The summed E-state index contributed by atoms with van der Waals surface area (Å²) >= 11 is 0. The predicted molar refractivity (Wildman–Crippen MR) is 240 cm³/mol. The molecular weight excluding hydrogens is 707 g/mol. The zero-order chi connectivity index (χ0) is 38.4. The molecule has 2 aromatic heterocycles. The third-order valence-corrected chi connectivity index (χ3v) is 11.0. The van der Waals surface area contributed by atoms with Gasteiger partial charge in [-0.05, 0) is 70.8 Å². The summed E-state index contributed by atoms with van der Waals surface area (Å²) in [5.74, 6) is 1.91. The van der Waals surface area contributed by atoms with Gasteiger partial charge in [0.15, 0.2) is 17.5 Å². The lowest BCUT2D eigenvalue weighted by Gasteiger charge is -2.27. The van der Waals surface area contributed by atoms with Gasteiger partial charge in [-0.2, -0.15) is 0 Å². The first-order chi connectivity index (χ1) is 28.8. The van der Waals surface area contributed by atoms with Crippen LogP contribution in [0.4, 0.5) is 17.1 Å². The minimum Gasteiger partial charge on any atom is -0.309 e. The van der Waals surface area contributed by atoms with Crippen LogP contribution >= 0.6 is 0 Å². The Morgan fingerprint density at radius 2 is 0.897 bits per heavy atom. The molecule has 11 rings (SSSR count). The van der Waals surface area contributed by atoms with Crippen LogP contribution in [0.25, 0.3) is 84.9 Å². The second-order valence-corrected chi connectivity index (χ2v) is 14.5. The molecule has 1 aliphatic rings. The minimum absolute atomic E-state index is 0.625. The van der Waals surface area contributed by atoms with Crippen molar-refractivity contribution in [3.8, 4) is 51.0 Å². The largest absolute Gasteiger partial charge is 0.309 e. The first-order valence-corrected chi connectivity index (χ1v) is 19.5. The predicted octanol–water partition coefficient (Wildman–Crippen LogP) is 13.6. The number of anilines is 3. The van der Waals surface area contributed by atoms with Crippen LogP contribution in [-0.2, 0) is 0 Å². The maximum absolute atomic E-state index is 5.04. The lowest BCUT2D eigenvalue weighted by Crippen LogP contribution is -2.11. The summed E-state index contributed by atoms with van der Waals surface area (Å²) < 4.78 is 2.37. The van der Waals surface area contributed by atoms with E-state index in [4.69, 9.17) is 15.0 Å². The molecule has 8 aromatic carbocycles. The molecule has 0 saturated carbocycles. The molecule has 5 nitrogen and oxygen atoms in total. The van der Waals surface area contributed by atoms with E-state index in [0.29, 0.717) is 17.5 Å². The average Bonchev–Trinajstić information content (AvgIpc) is 3.55. The number of aromatic nitrogens is 4. The van der Waals surface area contributed by atoms with Crippen molar-refractivity contribution in [1.82, 2.24) is 19.5 Å². The SMILES string of the molecule is C1=Cc2ccc(-c3cccc4c3c3ccccc3n4-c3cccc(-c4nc(-c5ccccc5)nc(-c5ccccc5)n4)c3)cc2N(c2ccccc2)c2ccccc21. The summed E-state index contributed by atoms with van der Waals surface area (Å²) in [6.45, 7) is 0. The molecule has 58 heavy (non-hydrogen) atoms. The van der Waals surface area contributed by atoms with E-state index in [1.807, 2.05) is 60.7 Å². The zero-order valence-corrected chi connectivity index (χ0v) is 31.4. The summed E-state index contributed by atoms with van der Waals surface area (Å²) in [5.41, 5.74) is 14.2. The first kappa shape index (κ1) is 33.4. The van der Waals surface area contributed by atoms with E-state index in [2.05, 4.69) is 161 Å². The highest BCUT2D eigenvalue weighted by Gasteiger charge is 2.22. The Morgan fingerprint density at radius 1 is 0.345 bits per heavy atom. The summed E-state index contributed by atoms with van der Waals surface area (Å²) in [6, 6.07) is 70.3. The number of fused-ring (bicyclic) bond motifs is 5. The molecule has 272 valence electrons. The number of rotatable bonds is 6. The van der Waals surface area contributed by atoms with Gasteiger partial charge in [0.1, 0.15) is 0 Å².